The molecule has 2 fully saturated rings. The molecule has 1 aromatic rings. The number of carboxylic acids is 1. The normalized spacial score (nSPS) is 21.8. The van der Waals surface area contributed by atoms with E-state index >= 15 is 0 Å². The van der Waals surface area contributed by atoms with E-state index in [0.29, 0.717) is 23.8 Å². The van der Waals surface area contributed by atoms with Gasteiger partial charge in [-0.2, -0.15) is 0 Å². The zero-order chi connectivity index (χ0) is 16.9. The molecule has 0 aliphatic carbocycles. The van der Waals surface area contributed by atoms with E-state index in [1.807, 2.05) is 17.0 Å². The molecule has 2 saturated heterocycles. The van der Waals surface area contributed by atoms with Crippen molar-refractivity contribution in [3.05, 3.63) is 35.4 Å². The van der Waals surface area contributed by atoms with Crippen LogP contribution in [0.25, 0.3) is 0 Å². The zero-order valence-corrected chi connectivity index (χ0v) is 14.1. The summed E-state index contributed by atoms with van der Waals surface area (Å²) in [5.41, 5.74) is 1.54. The average molecular weight is 330 g/mol. The third-order valence-corrected chi connectivity index (χ3v) is 5.24. The lowest BCUT2D eigenvalue weighted by Crippen LogP contribution is -2.38. The predicted octanol–water partition coefficient (Wildman–Crippen LogP) is 2.58. The highest BCUT2D eigenvalue weighted by atomic mass is 16.4. The van der Waals surface area contributed by atoms with E-state index in [0.717, 1.165) is 58.4 Å². The molecule has 1 N–H and O–H groups in total. The molecule has 3 rings (SSSR count). The molecule has 24 heavy (non-hydrogen) atoms. The van der Waals surface area contributed by atoms with Gasteiger partial charge in [0, 0.05) is 32.6 Å². The summed E-state index contributed by atoms with van der Waals surface area (Å²) in [6.07, 6.45) is 5.16. The lowest BCUT2D eigenvalue weighted by molar-refractivity contribution is -0.130. The van der Waals surface area contributed by atoms with Crippen molar-refractivity contribution in [2.75, 3.05) is 32.7 Å². The largest absolute Gasteiger partial charge is 0.478 e. The molecular formula is C19H26N2O3. The molecule has 0 bridgehead atoms. The molecule has 0 spiro atoms. The Bertz CT molecular complexity index is 579. The quantitative estimate of drug-likeness (QED) is 0.901. The van der Waals surface area contributed by atoms with Crippen LogP contribution in [0.5, 0.6) is 0 Å². The van der Waals surface area contributed by atoms with Gasteiger partial charge in [0.2, 0.25) is 5.91 Å². The average Bonchev–Trinajstić information content (AvgIpc) is 3.15. The van der Waals surface area contributed by atoms with Crippen molar-refractivity contribution in [3.8, 4) is 0 Å². The van der Waals surface area contributed by atoms with Gasteiger partial charge in [-0.1, -0.05) is 12.1 Å². The van der Waals surface area contributed by atoms with Crippen molar-refractivity contribution >= 4 is 11.9 Å². The minimum absolute atomic E-state index is 0.292. The van der Waals surface area contributed by atoms with Crippen LogP contribution < -0.4 is 0 Å². The smallest absolute Gasteiger partial charge is 0.335 e. The van der Waals surface area contributed by atoms with Gasteiger partial charge >= 0.3 is 5.97 Å². The molecule has 0 saturated carbocycles. The fourth-order valence-corrected chi connectivity index (χ4v) is 3.81. The number of aromatic carboxylic acids is 1. The Labute approximate surface area is 143 Å². The summed E-state index contributed by atoms with van der Waals surface area (Å²) in [5.74, 6) is -0.156. The molecule has 0 radical (unpaired) electrons. The van der Waals surface area contributed by atoms with Crippen LogP contribution in [-0.4, -0.2) is 59.5 Å². The number of benzene rings is 1. The van der Waals surface area contributed by atoms with E-state index in [4.69, 9.17) is 5.11 Å². The zero-order valence-electron chi connectivity index (χ0n) is 14.1. The van der Waals surface area contributed by atoms with E-state index in [2.05, 4.69) is 4.90 Å². The fraction of sp³-hybridized carbons (Fsp3) is 0.579. The fourth-order valence-electron chi connectivity index (χ4n) is 3.81. The van der Waals surface area contributed by atoms with Gasteiger partial charge in [-0.25, -0.2) is 4.79 Å². The third-order valence-electron chi connectivity index (χ3n) is 5.24. The molecule has 1 amide bonds. The van der Waals surface area contributed by atoms with Gasteiger partial charge in [0.1, 0.15) is 0 Å². The van der Waals surface area contributed by atoms with E-state index in [1.54, 1.807) is 12.1 Å². The lowest BCUT2D eigenvalue weighted by Gasteiger charge is -2.33. The second-order valence-corrected chi connectivity index (χ2v) is 6.90. The van der Waals surface area contributed by atoms with Crippen molar-refractivity contribution in [2.24, 2.45) is 0 Å². The first-order valence-electron chi connectivity index (χ1n) is 8.97. The van der Waals surface area contributed by atoms with Crippen molar-refractivity contribution in [1.29, 1.82) is 0 Å². The predicted molar refractivity (Wildman–Crippen MR) is 92.2 cm³/mol. The minimum Gasteiger partial charge on any atom is -0.478 e. The Balaban J connectivity index is 1.52. The number of amides is 1. The second kappa shape index (κ2) is 7.79. The maximum absolute atomic E-state index is 12.2. The van der Waals surface area contributed by atoms with E-state index in [-0.39, 0.29) is 0 Å². The number of carboxylic acid groups (broad SMARTS) is 1. The molecule has 130 valence electrons. The van der Waals surface area contributed by atoms with Crippen molar-refractivity contribution in [3.63, 3.8) is 0 Å². The molecule has 2 aliphatic heterocycles. The molecule has 2 heterocycles. The lowest BCUT2D eigenvalue weighted by atomic mass is 9.90. The van der Waals surface area contributed by atoms with Crippen molar-refractivity contribution in [2.45, 2.75) is 38.0 Å². The van der Waals surface area contributed by atoms with Gasteiger partial charge in [0.15, 0.2) is 0 Å². The third kappa shape index (κ3) is 4.15. The van der Waals surface area contributed by atoms with Gasteiger partial charge < -0.3 is 14.9 Å². The Hall–Kier alpha value is -1.88. The van der Waals surface area contributed by atoms with Crippen LogP contribution >= 0.6 is 0 Å². The van der Waals surface area contributed by atoms with Crippen molar-refractivity contribution in [1.82, 2.24) is 9.80 Å². The number of piperidine rings is 1. The Kier molecular flexibility index (Phi) is 5.51. The van der Waals surface area contributed by atoms with Crippen molar-refractivity contribution < 1.29 is 14.7 Å². The summed E-state index contributed by atoms with van der Waals surface area (Å²) in [6.45, 7) is 4.70. The molecule has 1 atom stereocenters. The number of rotatable bonds is 5. The summed E-state index contributed by atoms with van der Waals surface area (Å²) in [6, 6.07) is 7.25. The number of nitrogens with zero attached hydrogens (tertiary/aromatic N) is 2. The Morgan fingerprint density at radius 1 is 1.04 bits per heavy atom. The van der Waals surface area contributed by atoms with Crippen LogP contribution in [0.1, 0.15) is 53.9 Å². The number of likely N-dealkylation sites (tertiary alicyclic amines) is 2. The number of hydrogen-bond acceptors (Lipinski definition) is 3. The summed E-state index contributed by atoms with van der Waals surface area (Å²) in [4.78, 5) is 27.5. The standard InChI is InChI=1S/C19H26N2O3/c22-18(21-11-1-2-12-21)9-13-20-10-3-4-17(14-20)15-5-7-16(8-6-15)19(23)24/h5-8,17H,1-4,9-14H2,(H,23,24)/t17-/m1/s1. The molecule has 0 aromatic heterocycles. The Morgan fingerprint density at radius 2 is 1.75 bits per heavy atom. The van der Waals surface area contributed by atoms with Gasteiger partial charge in [-0.15, -0.1) is 0 Å². The van der Waals surface area contributed by atoms with Crippen LogP contribution in [0.3, 0.4) is 0 Å². The summed E-state index contributed by atoms with van der Waals surface area (Å²) < 4.78 is 0. The van der Waals surface area contributed by atoms with Crippen LogP contribution in [0.2, 0.25) is 0 Å². The first-order chi connectivity index (χ1) is 11.6. The molecule has 5 nitrogen and oxygen atoms in total. The van der Waals surface area contributed by atoms with E-state index in [1.165, 1.54) is 5.56 Å². The van der Waals surface area contributed by atoms with Crippen LogP contribution in [0.4, 0.5) is 0 Å². The molecule has 2 aliphatic rings. The number of carbonyl (C=O) groups excluding carboxylic acids is 1. The number of hydrogen-bond donors (Lipinski definition) is 1. The van der Waals surface area contributed by atoms with E-state index in [9.17, 15) is 9.59 Å². The highest BCUT2D eigenvalue weighted by Crippen LogP contribution is 2.27. The van der Waals surface area contributed by atoms with E-state index < -0.39 is 5.97 Å². The highest BCUT2D eigenvalue weighted by molar-refractivity contribution is 5.87. The SMILES string of the molecule is O=C(O)c1ccc([C@@H]2CCCN(CCC(=O)N3CCCC3)C2)cc1. The minimum atomic E-state index is -0.882. The molecule has 5 heteroatoms. The van der Waals surface area contributed by atoms with Gasteiger partial charge in [0.05, 0.1) is 5.56 Å². The topological polar surface area (TPSA) is 60.9 Å². The van der Waals surface area contributed by atoms with Gasteiger partial charge in [-0.05, 0) is 55.8 Å². The second-order valence-electron chi connectivity index (χ2n) is 6.90. The molecule has 1 aromatic carbocycles. The number of carbonyl (C=O) groups is 2. The van der Waals surface area contributed by atoms with Crippen LogP contribution in [-0.2, 0) is 4.79 Å². The maximum atomic E-state index is 12.2. The molecular weight excluding hydrogens is 304 g/mol. The monoisotopic (exact) mass is 330 g/mol. The first kappa shape index (κ1) is 17.0. The van der Waals surface area contributed by atoms with Crippen LogP contribution in [0, 0.1) is 0 Å². The summed E-state index contributed by atoms with van der Waals surface area (Å²) in [5, 5.41) is 9.00. The van der Waals surface area contributed by atoms with Crippen LogP contribution in [0.15, 0.2) is 24.3 Å². The van der Waals surface area contributed by atoms with Gasteiger partial charge in [-0.3, -0.25) is 4.79 Å². The maximum Gasteiger partial charge on any atom is 0.335 e. The highest BCUT2D eigenvalue weighted by Gasteiger charge is 2.23. The van der Waals surface area contributed by atoms with Gasteiger partial charge in [0.25, 0.3) is 0 Å². The first-order valence-corrected chi connectivity index (χ1v) is 8.97. The summed E-state index contributed by atoms with van der Waals surface area (Å²) in [7, 11) is 0. The summed E-state index contributed by atoms with van der Waals surface area (Å²) >= 11 is 0. The Morgan fingerprint density at radius 3 is 2.42 bits per heavy atom. The molecule has 0 unspecified atom stereocenters.